The van der Waals surface area contributed by atoms with Gasteiger partial charge in [0.2, 0.25) is 0 Å². The molecular weight excluding hydrogens is 721 g/mol. The van der Waals surface area contributed by atoms with Gasteiger partial charge in [0.25, 0.3) is 0 Å². The van der Waals surface area contributed by atoms with E-state index in [1.165, 1.54) is 161 Å². The summed E-state index contributed by atoms with van der Waals surface area (Å²) in [5.74, 6) is -0.881. The zero-order chi connectivity index (χ0) is 42.3. The normalized spacial score (nSPS) is 12.1. The quantitative estimate of drug-likeness (QED) is 0.0263. The molecule has 0 rings (SSSR count). The summed E-state index contributed by atoms with van der Waals surface area (Å²) in [4.78, 5) is 37.9. The summed E-state index contributed by atoms with van der Waals surface area (Å²) in [6.45, 7) is 6.60. The number of rotatable bonds is 46. The van der Waals surface area contributed by atoms with Gasteiger partial charge in [-0.05, 0) is 64.2 Å². The van der Waals surface area contributed by atoms with E-state index in [0.29, 0.717) is 19.3 Å². The minimum absolute atomic E-state index is 0.0749. The minimum atomic E-state index is -0.772. The minimum Gasteiger partial charge on any atom is -0.462 e. The summed E-state index contributed by atoms with van der Waals surface area (Å²) in [7, 11) is 0. The van der Waals surface area contributed by atoms with Gasteiger partial charge in [-0.2, -0.15) is 0 Å². The average Bonchev–Trinajstić information content (AvgIpc) is 3.22. The van der Waals surface area contributed by atoms with Crippen molar-refractivity contribution in [3.63, 3.8) is 0 Å². The molecule has 0 fully saturated rings. The fourth-order valence-electron chi connectivity index (χ4n) is 7.30. The molecule has 340 valence electrons. The maximum atomic E-state index is 12.8. The lowest BCUT2D eigenvalue weighted by Gasteiger charge is -2.18. The van der Waals surface area contributed by atoms with Crippen LogP contribution >= 0.6 is 0 Å². The molecule has 0 radical (unpaired) electrons. The zero-order valence-corrected chi connectivity index (χ0v) is 38.8. The molecule has 0 spiro atoms. The fraction of sp³-hybridized carbons (Fsp3) is 0.865. The van der Waals surface area contributed by atoms with Gasteiger partial charge in [0.15, 0.2) is 6.10 Å². The molecule has 0 aromatic heterocycles. The van der Waals surface area contributed by atoms with E-state index >= 15 is 0 Å². The molecule has 0 N–H and O–H groups in total. The molecule has 0 amide bonds. The lowest BCUT2D eigenvalue weighted by molar-refractivity contribution is -0.167. The van der Waals surface area contributed by atoms with E-state index in [4.69, 9.17) is 14.2 Å². The molecule has 58 heavy (non-hydrogen) atoms. The summed E-state index contributed by atoms with van der Waals surface area (Å²) in [5.41, 5.74) is 0. The van der Waals surface area contributed by atoms with Crippen LogP contribution in [0.15, 0.2) is 24.3 Å². The summed E-state index contributed by atoms with van der Waals surface area (Å²) in [6, 6.07) is 0. The number of allylic oxidation sites excluding steroid dienone is 4. The molecule has 1 unspecified atom stereocenters. The van der Waals surface area contributed by atoms with Crippen molar-refractivity contribution in [1.82, 2.24) is 0 Å². The lowest BCUT2D eigenvalue weighted by atomic mass is 10.0. The third-order valence-corrected chi connectivity index (χ3v) is 11.2. The van der Waals surface area contributed by atoms with Crippen molar-refractivity contribution >= 4 is 17.9 Å². The van der Waals surface area contributed by atoms with Crippen LogP contribution in [0, 0.1) is 0 Å². The first kappa shape index (κ1) is 55.9. The second-order valence-electron chi connectivity index (χ2n) is 17.1. The SMILES string of the molecule is CCCC/C=C\CCCCCCCC(=O)OCC(COC(=O)CCCCCCC/C=C\CCCCCCCCC)OC(=O)CCCCCCCCCCCCCCC. The van der Waals surface area contributed by atoms with E-state index in [0.717, 1.165) is 70.6 Å². The van der Waals surface area contributed by atoms with Crippen molar-refractivity contribution < 1.29 is 28.6 Å². The fourth-order valence-corrected chi connectivity index (χ4v) is 7.30. The summed E-state index contributed by atoms with van der Waals surface area (Å²) in [6.07, 6.45) is 53.0. The molecule has 1 atom stereocenters. The van der Waals surface area contributed by atoms with Crippen molar-refractivity contribution in [3.05, 3.63) is 24.3 Å². The van der Waals surface area contributed by atoms with E-state index in [1.807, 2.05) is 0 Å². The van der Waals surface area contributed by atoms with E-state index in [-0.39, 0.29) is 31.1 Å². The van der Waals surface area contributed by atoms with Gasteiger partial charge in [-0.15, -0.1) is 0 Å². The largest absolute Gasteiger partial charge is 0.462 e. The van der Waals surface area contributed by atoms with Crippen LogP contribution < -0.4 is 0 Å². The number of ether oxygens (including phenoxy) is 3. The lowest BCUT2D eigenvalue weighted by Crippen LogP contribution is -2.30. The second-order valence-corrected chi connectivity index (χ2v) is 17.1. The number of carbonyl (C=O) groups is 3. The average molecular weight is 817 g/mol. The predicted octanol–water partition coefficient (Wildman–Crippen LogP) is 16.4. The predicted molar refractivity (Wildman–Crippen MR) is 247 cm³/mol. The van der Waals surface area contributed by atoms with Gasteiger partial charge >= 0.3 is 17.9 Å². The molecule has 0 aliphatic carbocycles. The highest BCUT2D eigenvalue weighted by molar-refractivity contribution is 5.71. The molecule has 0 aliphatic heterocycles. The first-order chi connectivity index (χ1) is 28.5. The Morgan fingerprint density at radius 2 is 0.586 bits per heavy atom. The third-order valence-electron chi connectivity index (χ3n) is 11.2. The molecule has 0 aliphatic rings. The molecular formula is C52H96O6. The molecule has 0 saturated carbocycles. The van der Waals surface area contributed by atoms with Crippen LogP contribution in [-0.2, 0) is 28.6 Å². The Kier molecular flexibility index (Phi) is 45.8. The monoisotopic (exact) mass is 817 g/mol. The van der Waals surface area contributed by atoms with Gasteiger partial charge < -0.3 is 14.2 Å². The molecule has 0 aromatic carbocycles. The Labute approximate surface area is 360 Å². The Hall–Kier alpha value is -2.11. The smallest absolute Gasteiger partial charge is 0.306 e. The van der Waals surface area contributed by atoms with Crippen molar-refractivity contribution in [2.45, 2.75) is 277 Å². The number of unbranched alkanes of at least 4 members (excludes halogenated alkanes) is 31. The van der Waals surface area contributed by atoms with Crippen LogP contribution in [0.1, 0.15) is 271 Å². The first-order valence-corrected chi connectivity index (χ1v) is 25.3. The number of carbonyl (C=O) groups excluding carboxylic acids is 3. The van der Waals surface area contributed by atoms with Crippen molar-refractivity contribution in [2.75, 3.05) is 13.2 Å². The molecule has 6 heteroatoms. The Balaban J connectivity index is 4.34. The van der Waals surface area contributed by atoms with Crippen LogP contribution in [0.25, 0.3) is 0 Å². The van der Waals surface area contributed by atoms with Gasteiger partial charge in [0, 0.05) is 19.3 Å². The maximum absolute atomic E-state index is 12.8. The molecule has 0 heterocycles. The molecule has 0 saturated heterocycles. The second kappa shape index (κ2) is 47.6. The van der Waals surface area contributed by atoms with Gasteiger partial charge in [-0.3, -0.25) is 14.4 Å². The van der Waals surface area contributed by atoms with Crippen molar-refractivity contribution in [3.8, 4) is 0 Å². The van der Waals surface area contributed by atoms with E-state index in [1.54, 1.807) is 0 Å². The Morgan fingerprint density at radius 3 is 0.914 bits per heavy atom. The van der Waals surface area contributed by atoms with Crippen LogP contribution in [0.5, 0.6) is 0 Å². The highest BCUT2D eigenvalue weighted by atomic mass is 16.6. The molecule has 6 nitrogen and oxygen atoms in total. The summed E-state index contributed by atoms with van der Waals surface area (Å²) < 4.78 is 16.8. The van der Waals surface area contributed by atoms with Crippen molar-refractivity contribution in [1.29, 1.82) is 0 Å². The summed E-state index contributed by atoms with van der Waals surface area (Å²) >= 11 is 0. The van der Waals surface area contributed by atoms with E-state index < -0.39 is 6.10 Å². The number of esters is 3. The van der Waals surface area contributed by atoms with Crippen LogP contribution in [-0.4, -0.2) is 37.2 Å². The van der Waals surface area contributed by atoms with E-state index in [2.05, 4.69) is 45.1 Å². The molecule has 0 bridgehead atoms. The van der Waals surface area contributed by atoms with Gasteiger partial charge in [-0.25, -0.2) is 0 Å². The topological polar surface area (TPSA) is 78.9 Å². The van der Waals surface area contributed by atoms with Crippen LogP contribution in [0.2, 0.25) is 0 Å². The van der Waals surface area contributed by atoms with Gasteiger partial charge in [0.1, 0.15) is 13.2 Å². The van der Waals surface area contributed by atoms with Crippen molar-refractivity contribution in [2.24, 2.45) is 0 Å². The number of hydrogen-bond acceptors (Lipinski definition) is 6. The summed E-state index contributed by atoms with van der Waals surface area (Å²) in [5, 5.41) is 0. The Morgan fingerprint density at radius 1 is 0.328 bits per heavy atom. The van der Waals surface area contributed by atoms with Gasteiger partial charge in [-0.1, -0.05) is 212 Å². The standard InChI is InChI=1S/C52H96O6/c1-4-7-10-13-16-19-22-24-25-26-28-30-33-36-39-42-45-51(54)57-48-49(47-56-50(53)44-41-38-35-32-29-21-18-15-12-9-6-3)58-52(55)46-43-40-37-34-31-27-23-20-17-14-11-8-5-2/h15,18,25-26,49H,4-14,16-17,19-24,27-48H2,1-3H3/b18-15-,26-25-. The Bertz CT molecular complexity index is 942. The zero-order valence-electron chi connectivity index (χ0n) is 38.8. The van der Waals surface area contributed by atoms with Gasteiger partial charge in [0.05, 0.1) is 0 Å². The van der Waals surface area contributed by atoms with Crippen LogP contribution in [0.3, 0.4) is 0 Å². The number of hydrogen-bond donors (Lipinski definition) is 0. The molecule has 0 aromatic rings. The highest BCUT2D eigenvalue weighted by Gasteiger charge is 2.19. The third kappa shape index (κ3) is 45.0. The first-order valence-electron chi connectivity index (χ1n) is 25.3. The highest BCUT2D eigenvalue weighted by Crippen LogP contribution is 2.15. The van der Waals surface area contributed by atoms with E-state index in [9.17, 15) is 14.4 Å². The maximum Gasteiger partial charge on any atom is 0.306 e. The van der Waals surface area contributed by atoms with Crippen LogP contribution in [0.4, 0.5) is 0 Å².